The summed E-state index contributed by atoms with van der Waals surface area (Å²) in [6.45, 7) is 0.744. The lowest BCUT2D eigenvalue weighted by molar-refractivity contribution is -0.141. The van der Waals surface area contributed by atoms with Gasteiger partial charge in [0.05, 0.1) is 17.4 Å². The quantitative estimate of drug-likeness (QED) is 0.847. The van der Waals surface area contributed by atoms with Gasteiger partial charge < -0.3 is 10.0 Å². The van der Waals surface area contributed by atoms with Crippen LogP contribution >= 0.6 is 0 Å². The number of amides is 1. The molecule has 1 fully saturated rings. The van der Waals surface area contributed by atoms with Crippen LogP contribution in [0.3, 0.4) is 0 Å². The molecule has 1 heterocycles. The molecular formula is C16H21NO5S. The molecule has 0 spiro atoms. The number of likely N-dealkylation sites (tertiary alicyclic amines) is 1. The van der Waals surface area contributed by atoms with Crippen LogP contribution in [0.15, 0.2) is 30.3 Å². The fourth-order valence-corrected chi connectivity index (χ4v) is 4.58. The van der Waals surface area contributed by atoms with Crippen molar-refractivity contribution in [1.29, 1.82) is 0 Å². The second-order valence-corrected chi connectivity index (χ2v) is 8.05. The molecule has 1 aromatic carbocycles. The molecule has 0 bridgehead atoms. The number of carboxylic acid groups (broad SMARTS) is 1. The zero-order valence-electron chi connectivity index (χ0n) is 12.8. The Hall–Kier alpha value is -1.89. The molecule has 0 aromatic heterocycles. The number of benzene rings is 1. The van der Waals surface area contributed by atoms with Crippen LogP contribution in [0.2, 0.25) is 0 Å². The molecule has 126 valence electrons. The summed E-state index contributed by atoms with van der Waals surface area (Å²) in [5.41, 5.74) is 0.771. The molecule has 0 atom stereocenters. The summed E-state index contributed by atoms with van der Waals surface area (Å²) in [6.07, 6.45) is 0.601. The molecule has 0 aliphatic carbocycles. The van der Waals surface area contributed by atoms with E-state index in [1.807, 2.05) is 18.2 Å². The van der Waals surface area contributed by atoms with Crippen LogP contribution in [0.5, 0.6) is 0 Å². The molecule has 1 aliphatic heterocycles. The van der Waals surface area contributed by atoms with Gasteiger partial charge in [-0.1, -0.05) is 30.3 Å². The Labute approximate surface area is 136 Å². The molecule has 1 saturated heterocycles. The van der Waals surface area contributed by atoms with E-state index in [1.165, 1.54) is 0 Å². The maximum absolute atomic E-state index is 12.5. The highest BCUT2D eigenvalue weighted by molar-refractivity contribution is 7.91. The lowest BCUT2D eigenvalue weighted by Gasteiger charge is -2.31. The first-order chi connectivity index (χ1) is 10.9. The number of rotatable bonds is 6. The van der Waals surface area contributed by atoms with Crippen LogP contribution < -0.4 is 0 Å². The van der Waals surface area contributed by atoms with Crippen molar-refractivity contribution < 1.29 is 23.1 Å². The molecule has 7 heteroatoms. The number of hydrogen-bond acceptors (Lipinski definition) is 4. The van der Waals surface area contributed by atoms with Gasteiger partial charge in [-0.15, -0.1) is 0 Å². The van der Waals surface area contributed by atoms with E-state index in [2.05, 4.69) is 0 Å². The van der Waals surface area contributed by atoms with Crippen molar-refractivity contribution in [3.63, 3.8) is 0 Å². The molecule has 1 N–H and O–H groups in total. The summed E-state index contributed by atoms with van der Waals surface area (Å²) < 4.78 is 24.9. The minimum absolute atomic E-state index is 0.0193. The predicted octanol–water partition coefficient (Wildman–Crippen LogP) is 1.46. The molecule has 2 rings (SSSR count). The molecule has 6 nitrogen and oxygen atoms in total. The van der Waals surface area contributed by atoms with Gasteiger partial charge in [0.25, 0.3) is 0 Å². The van der Waals surface area contributed by atoms with E-state index in [0.717, 1.165) is 5.56 Å². The van der Waals surface area contributed by atoms with Crippen molar-refractivity contribution >= 4 is 21.7 Å². The van der Waals surface area contributed by atoms with Crippen molar-refractivity contribution in [2.45, 2.75) is 36.7 Å². The van der Waals surface area contributed by atoms with Gasteiger partial charge >= 0.3 is 5.97 Å². The minimum atomic E-state index is -3.24. The van der Waals surface area contributed by atoms with E-state index in [0.29, 0.717) is 25.9 Å². The lowest BCUT2D eigenvalue weighted by Crippen LogP contribution is -2.42. The van der Waals surface area contributed by atoms with E-state index in [1.54, 1.807) is 17.0 Å². The Bertz CT molecular complexity index is 648. The van der Waals surface area contributed by atoms with E-state index in [4.69, 9.17) is 5.11 Å². The molecule has 0 saturated carbocycles. The van der Waals surface area contributed by atoms with E-state index in [-0.39, 0.29) is 24.5 Å². The maximum atomic E-state index is 12.5. The summed E-state index contributed by atoms with van der Waals surface area (Å²) in [7, 11) is -3.24. The van der Waals surface area contributed by atoms with Crippen LogP contribution in [0.4, 0.5) is 0 Å². The standard InChI is InChI=1S/C16H21NO5S/c18-15(6-7-16(19)20)17-10-8-14(9-11-17)23(21,22)12-13-4-2-1-3-5-13/h1-5,14H,6-12H2,(H,19,20). The predicted molar refractivity (Wildman–Crippen MR) is 85.5 cm³/mol. The average Bonchev–Trinajstić information content (AvgIpc) is 2.53. The third-order valence-electron chi connectivity index (χ3n) is 4.07. The van der Waals surface area contributed by atoms with E-state index >= 15 is 0 Å². The number of carbonyl (C=O) groups excluding carboxylic acids is 1. The van der Waals surface area contributed by atoms with Gasteiger partial charge in [0.15, 0.2) is 9.84 Å². The Balaban J connectivity index is 1.88. The number of carboxylic acids is 1. The molecule has 1 aliphatic rings. The van der Waals surface area contributed by atoms with Crippen molar-refractivity contribution in [3.05, 3.63) is 35.9 Å². The third-order valence-corrected chi connectivity index (χ3v) is 6.29. The second-order valence-electron chi connectivity index (χ2n) is 5.77. The smallest absolute Gasteiger partial charge is 0.303 e. The van der Waals surface area contributed by atoms with E-state index in [9.17, 15) is 18.0 Å². The maximum Gasteiger partial charge on any atom is 0.303 e. The van der Waals surface area contributed by atoms with Crippen LogP contribution in [0.25, 0.3) is 0 Å². The fourth-order valence-electron chi connectivity index (χ4n) is 2.76. The number of piperidine rings is 1. The molecule has 0 radical (unpaired) electrons. The number of sulfone groups is 1. The van der Waals surface area contributed by atoms with Crippen LogP contribution in [-0.2, 0) is 25.2 Å². The lowest BCUT2D eigenvalue weighted by atomic mass is 10.1. The number of hydrogen-bond donors (Lipinski definition) is 1. The summed E-state index contributed by atoms with van der Waals surface area (Å²) in [5.74, 6) is -1.20. The summed E-state index contributed by atoms with van der Waals surface area (Å²) >= 11 is 0. The molecular weight excluding hydrogens is 318 g/mol. The van der Waals surface area contributed by atoms with Crippen LogP contribution in [-0.4, -0.2) is 48.6 Å². The summed E-state index contributed by atoms with van der Waals surface area (Å²) in [5, 5.41) is 8.16. The van der Waals surface area contributed by atoms with Gasteiger partial charge in [0.2, 0.25) is 5.91 Å². The van der Waals surface area contributed by atoms with Crippen LogP contribution in [0.1, 0.15) is 31.2 Å². The van der Waals surface area contributed by atoms with Crippen LogP contribution in [0, 0.1) is 0 Å². The van der Waals surface area contributed by atoms with E-state index < -0.39 is 21.1 Å². The zero-order chi connectivity index (χ0) is 16.9. The minimum Gasteiger partial charge on any atom is -0.481 e. The highest BCUT2D eigenvalue weighted by Crippen LogP contribution is 2.22. The second kappa shape index (κ2) is 7.59. The monoisotopic (exact) mass is 339 g/mol. The van der Waals surface area contributed by atoms with Gasteiger partial charge in [-0.3, -0.25) is 9.59 Å². The fraction of sp³-hybridized carbons (Fsp3) is 0.500. The number of nitrogens with zero attached hydrogens (tertiary/aromatic N) is 1. The average molecular weight is 339 g/mol. The highest BCUT2D eigenvalue weighted by atomic mass is 32.2. The first-order valence-electron chi connectivity index (χ1n) is 7.63. The number of carbonyl (C=O) groups is 2. The van der Waals surface area contributed by atoms with Crippen molar-refractivity contribution in [2.75, 3.05) is 13.1 Å². The summed E-state index contributed by atoms with van der Waals surface area (Å²) in [6, 6.07) is 9.06. The summed E-state index contributed by atoms with van der Waals surface area (Å²) in [4.78, 5) is 23.9. The van der Waals surface area contributed by atoms with Gasteiger partial charge in [-0.05, 0) is 18.4 Å². The zero-order valence-corrected chi connectivity index (χ0v) is 13.7. The molecule has 1 aromatic rings. The van der Waals surface area contributed by atoms with Gasteiger partial charge in [-0.25, -0.2) is 8.42 Å². The SMILES string of the molecule is O=C(O)CCC(=O)N1CCC(S(=O)(=O)Cc2ccccc2)CC1. The Morgan fingerprint density at radius 1 is 1.09 bits per heavy atom. The van der Waals surface area contributed by atoms with Gasteiger partial charge in [0.1, 0.15) is 0 Å². The Morgan fingerprint density at radius 3 is 2.26 bits per heavy atom. The van der Waals surface area contributed by atoms with Crippen molar-refractivity contribution in [2.24, 2.45) is 0 Å². The molecule has 1 amide bonds. The first-order valence-corrected chi connectivity index (χ1v) is 9.35. The highest BCUT2D eigenvalue weighted by Gasteiger charge is 2.31. The normalized spacial score (nSPS) is 16.3. The van der Waals surface area contributed by atoms with Gasteiger partial charge in [0, 0.05) is 19.5 Å². The molecule has 0 unspecified atom stereocenters. The number of aliphatic carboxylic acids is 1. The largest absolute Gasteiger partial charge is 0.481 e. The third kappa shape index (κ3) is 5.06. The Morgan fingerprint density at radius 2 is 1.70 bits per heavy atom. The van der Waals surface area contributed by atoms with Crippen molar-refractivity contribution in [3.8, 4) is 0 Å². The van der Waals surface area contributed by atoms with Crippen molar-refractivity contribution in [1.82, 2.24) is 4.90 Å². The van der Waals surface area contributed by atoms with Gasteiger partial charge in [-0.2, -0.15) is 0 Å². The Kier molecular flexibility index (Phi) is 5.76. The first kappa shape index (κ1) is 17.5. The molecule has 23 heavy (non-hydrogen) atoms. The topological polar surface area (TPSA) is 91.8 Å².